The van der Waals surface area contributed by atoms with Gasteiger partial charge in [-0.15, -0.1) is 11.3 Å². The van der Waals surface area contributed by atoms with Gasteiger partial charge in [0.1, 0.15) is 5.78 Å². The molecule has 0 radical (unpaired) electrons. The Morgan fingerprint density at radius 1 is 1.11 bits per heavy atom. The summed E-state index contributed by atoms with van der Waals surface area (Å²) < 4.78 is 0. The van der Waals surface area contributed by atoms with Crippen LogP contribution in [0.25, 0.3) is 0 Å². The molecule has 1 aromatic heterocycles. The zero-order valence-electron chi connectivity index (χ0n) is 10.4. The van der Waals surface area contributed by atoms with E-state index < -0.39 is 0 Å². The minimum atomic E-state index is 0.127. The van der Waals surface area contributed by atoms with Crippen LogP contribution < -0.4 is 0 Å². The summed E-state index contributed by atoms with van der Waals surface area (Å²) in [4.78, 5) is 27.6. The lowest BCUT2D eigenvalue weighted by Crippen LogP contribution is -2.38. The SMILES string of the molecule is O=C1CCN(C(=O)c2cc3c(s2)CCCC3)CC1. The Hall–Kier alpha value is -1.16. The van der Waals surface area contributed by atoms with Crippen LogP contribution in [0.1, 0.15) is 45.8 Å². The van der Waals surface area contributed by atoms with Crippen LogP contribution in [0.2, 0.25) is 0 Å². The normalized spacial score (nSPS) is 19.8. The number of rotatable bonds is 1. The average molecular weight is 263 g/mol. The molecule has 1 aliphatic carbocycles. The molecule has 1 fully saturated rings. The Morgan fingerprint density at radius 3 is 2.56 bits per heavy atom. The summed E-state index contributed by atoms with van der Waals surface area (Å²) in [5.41, 5.74) is 1.38. The fourth-order valence-electron chi connectivity index (χ4n) is 2.71. The third-order valence-electron chi connectivity index (χ3n) is 3.82. The Kier molecular flexibility index (Phi) is 3.20. The van der Waals surface area contributed by atoms with Gasteiger partial charge in [-0.05, 0) is 37.3 Å². The minimum absolute atomic E-state index is 0.127. The summed E-state index contributed by atoms with van der Waals surface area (Å²) in [5, 5.41) is 0. The van der Waals surface area contributed by atoms with E-state index in [9.17, 15) is 9.59 Å². The summed E-state index contributed by atoms with van der Waals surface area (Å²) in [6, 6.07) is 2.08. The molecule has 3 nitrogen and oxygen atoms in total. The number of hydrogen-bond donors (Lipinski definition) is 0. The first-order chi connectivity index (χ1) is 8.74. The van der Waals surface area contributed by atoms with Gasteiger partial charge in [0, 0.05) is 30.8 Å². The molecule has 1 saturated heterocycles. The Morgan fingerprint density at radius 2 is 1.83 bits per heavy atom. The lowest BCUT2D eigenvalue weighted by atomic mass is 9.99. The van der Waals surface area contributed by atoms with Crippen LogP contribution in [0.3, 0.4) is 0 Å². The molecule has 0 spiro atoms. The van der Waals surface area contributed by atoms with Gasteiger partial charge < -0.3 is 4.90 Å². The molecule has 4 heteroatoms. The Labute approximate surface area is 111 Å². The summed E-state index contributed by atoms with van der Waals surface area (Å²) in [6.45, 7) is 1.19. The molecule has 0 aromatic carbocycles. The lowest BCUT2D eigenvalue weighted by Gasteiger charge is -2.25. The second-order valence-electron chi connectivity index (χ2n) is 5.10. The van der Waals surface area contributed by atoms with Crippen LogP contribution in [0.5, 0.6) is 0 Å². The average Bonchev–Trinajstić information content (AvgIpc) is 2.82. The van der Waals surface area contributed by atoms with Crippen molar-refractivity contribution in [3.63, 3.8) is 0 Å². The second kappa shape index (κ2) is 4.84. The van der Waals surface area contributed by atoms with Gasteiger partial charge in [0.2, 0.25) is 0 Å². The highest BCUT2D eigenvalue weighted by atomic mass is 32.1. The molecular formula is C14H17NO2S. The molecule has 2 heterocycles. The smallest absolute Gasteiger partial charge is 0.263 e. The van der Waals surface area contributed by atoms with Gasteiger partial charge in [-0.2, -0.15) is 0 Å². The monoisotopic (exact) mass is 263 g/mol. The van der Waals surface area contributed by atoms with Gasteiger partial charge >= 0.3 is 0 Å². The molecule has 0 saturated carbocycles. The first kappa shape index (κ1) is 11.9. The van der Waals surface area contributed by atoms with Crippen molar-refractivity contribution in [2.24, 2.45) is 0 Å². The maximum absolute atomic E-state index is 12.3. The van der Waals surface area contributed by atoms with Crippen LogP contribution in [0, 0.1) is 0 Å². The van der Waals surface area contributed by atoms with Crippen molar-refractivity contribution in [3.8, 4) is 0 Å². The van der Waals surface area contributed by atoms with Crippen molar-refractivity contribution in [1.82, 2.24) is 4.90 Å². The third-order valence-corrected chi connectivity index (χ3v) is 5.04. The summed E-state index contributed by atoms with van der Waals surface area (Å²) in [5.74, 6) is 0.409. The highest BCUT2D eigenvalue weighted by Gasteiger charge is 2.24. The van der Waals surface area contributed by atoms with Crippen LogP contribution in [0.15, 0.2) is 6.07 Å². The first-order valence-corrected chi connectivity index (χ1v) is 7.48. The van der Waals surface area contributed by atoms with E-state index in [4.69, 9.17) is 0 Å². The molecule has 18 heavy (non-hydrogen) atoms. The predicted molar refractivity (Wildman–Crippen MR) is 71.1 cm³/mol. The van der Waals surface area contributed by atoms with E-state index >= 15 is 0 Å². The molecular weight excluding hydrogens is 246 g/mol. The van der Waals surface area contributed by atoms with Gasteiger partial charge in [-0.1, -0.05) is 0 Å². The van der Waals surface area contributed by atoms with E-state index in [0.717, 1.165) is 17.7 Å². The van der Waals surface area contributed by atoms with Crippen molar-refractivity contribution in [2.75, 3.05) is 13.1 Å². The van der Waals surface area contributed by atoms with E-state index in [-0.39, 0.29) is 11.7 Å². The zero-order valence-corrected chi connectivity index (χ0v) is 11.2. The molecule has 96 valence electrons. The van der Waals surface area contributed by atoms with E-state index in [2.05, 4.69) is 6.07 Å². The summed E-state index contributed by atoms with van der Waals surface area (Å²) in [7, 11) is 0. The number of thiophene rings is 1. The molecule has 1 amide bonds. The quantitative estimate of drug-likeness (QED) is 0.780. The highest BCUT2D eigenvalue weighted by Crippen LogP contribution is 2.30. The maximum Gasteiger partial charge on any atom is 0.263 e. The molecule has 1 aromatic rings. The number of piperidine rings is 1. The summed E-state index contributed by atoms with van der Waals surface area (Å²) >= 11 is 1.66. The van der Waals surface area contributed by atoms with E-state index in [1.165, 1.54) is 23.3 Å². The van der Waals surface area contributed by atoms with Crippen molar-refractivity contribution in [3.05, 3.63) is 21.4 Å². The number of carbonyl (C=O) groups is 2. The Bertz CT molecular complexity index is 458. The number of aryl methyl sites for hydroxylation is 2. The molecule has 1 aliphatic heterocycles. The number of ketones is 1. The number of fused-ring (bicyclic) bond motifs is 1. The largest absolute Gasteiger partial charge is 0.337 e. The lowest BCUT2D eigenvalue weighted by molar-refractivity contribution is -0.120. The fraction of sp³-hybridized carbons (Fsp3) is 0.571. The maximum atomic E-state index is 12.3. The third kappa shape index (κ3) is 2.21. The van der Waals surface area contributed by atoms with Gasteiger partial charge in [-0.25, -0.2) is 0 Å². The fourth-order valence-corrected chi connectivity index (χ4v) is 3.93. The molecule has 0 unspecified atom stereocenters. The standard InChI is InChI=1S/C14H17NO2S/c16-11-5-7-15(8-6-11)14(17)13-9-10-3-1-2-4-12(10)18-13/h9H,1-8H2. The molecule has 0 N–H and O–H groups in total. The summed E-state index contributed by atoms with van der Waals surface area (Å²) in [6.07, 6.45) is 5.80. The van der Waals surface area contributed by atoms with Crippen molar-refractivity contribution >= 4 is 23.0 Å². The van der Waals surface area contributed by atoms with E-state index in [1.54, 1.807) is 11.3 Å². The van der Waals surface area contributed by atoms with Crippen molar-refractivity contribution < 1.29 is 9.59 Å². The molecule has 3 rings (SSSR count). The first-order valence-electron chi connectivity index (χ1n) is 6.66. The van der Waals surface area contributed by atoms with Gasteiger partial charge in [0.15, 0.2) is 0 Å². The number of Topliss-reactive ketones (excluding diaryl/α,β-unsaturated/α-hetero) is 1. The number of nitrogens with zero attached hydrogens (tertiary/aromatic N) is 1. The number of likely N-dealkylation sites (tertiary alicyclic amines) is 1. The van der Waals surface area contributed by atoms with Crippen LogP contribution in [-0.4, -0.2) is 29.7 Å². The number of carbonyl (C=O) groups excluding carboxylic acids is 2. The predicted octanol–water partition coefficient (Wildman–Crippen LogP) is 2.43. The second-order valence-corrected chi connectivity index (χ2v) is 6.23. The number of amides is 1. The minimum Gasteiger partial charge on any atom is -0.337 e. The van der Waals surface area contributed by atoms with Crippen LogP contribution in [0.4, 0.5) is 0 Å². The van der Waals surface area contributed by atoms with E-state index in [1.807, 2.05) is 4.90 Å². The Balaban J connectivity index is 1.75. The van der Waals surface area contributed by atoms with Crippen LogP contribution in [-0.2, 0) is 17.6 Å². The van der Waals surface area contributed by atoms with Gasteiger partial charge in [0.25, 0.3) is 5.91 Å². The highest BCUT2D eigenvalue weighted by molar-refractivity contribution is 7.14. The van der Waals surface area contributed by atoms with E-state index in [0.29, 0.717) is 25.9 Å². The zero-order chi connectivity index (χ0) is 12.5. The van der Waals surface area contributed by atoms with Crippen molar-refractivity contribution in [2.45, 2.75) is 38.5 Å². The van der Waals surface area contributed by atoms with Crippen LogP contribution >= 0.6 is 11.3 Å². The van der Waals surface area contributed by atoms with Crippen molar-refractivity contribution in [1.29, 1.82) is 0 Å². The number of hydrogen-bond acceptors (Lipinski definition) is 3. The molecule has 2 aliphatic rings. The topological polar surface area (TPSA) is 37.4 Å². The molecule has 0 bridgehead atoms. The van der Waals surface area contributed by atoms with Gasteiger partial charge in [0.05, 0.1) is 4.88 Å². The molecule has 0 atom stereocenters. The van der Waals surface area contributed by atoms with Gasteiger partial charge in [-0.3, -0.25) is 9.59 Å².